The summed E-state index contributed by atoms with van der Waals surface area (Å²) in [5.74, 6) is 0.513. The number of ether oxygens (including phenoxy) is 1. The maximum absolute atomic E-state index is 5.81. The Morgan fingerprint density at radius 1 is 1.05 bits per heavy atom. The van der Waals surface area contributed by atoms with Gasteiger partial charge in [-0.1, -0.05) is 0 Å². The topological polar surface area (TPSA) is 9.23 Å². The van der Waals surface area contributed by atoms with Gasteiger partial charge in [0.2, 0.25) is 0 Å². The van der Waals surface area contributed by atoms with Crippen molar-refractivity contribution < 1.29 is 4.74 Å². The van der Waals surface area contributed by atoms with E-state index < -0.39 is 13.3 Å². The SMILES string of the molecule is C[CH2][Ge]([CH2]C)([CH2]C)[CH2]/C=C/C(C)COCc1ccccc1. The molecule has 0 radical (unpaired) electrons. The molecule has 0 aliphatic heterocycles. The van der Waals surface area contributed by atoms with E-state index in [1.54, 1.807) is 0 Å². The van der Waals surface area contributed by atoms with E-state index in [-0.39, 0.29) is 0 Å². The van der Waals surface area contributed by atoms with Crippen LogP contribution in [0.5, 0.6) is 0 Å². The zero-order chi connectivity index (χ0) is 15.6. The van der Waals surface area contributed by atoms with Crippen molar-refractivity contribution in [1.82, 2.24) is 0 Å². The molecular weight excluding hydrogens is 317 g/mol. The van der Waals surface area contributed by atoms with Gasteiger partial charge in [-0.3, -0.25) is 0 Å². The number of benzene rings is 1. The average Bonchev–Trinajstić information content (AvgIpc) is 2.53. The molecule has 1 aromatic rings. The molecule has 0 heterocycles. The molecule has 0 aromatic heterocycles. The molecule has 21 heavy (non-hydrogen) atoms. The molecule has 0 N–H and O–H groups in total. The second-order valence-electron chi connectivity index (χ2n) is 6.17. The molecule has 0 spiro atoms. The molecule has 1 unspecified atom stereocenters. The Kier molecular flexibility index (Phi) is 9.02. The fourth-order valence-electron chi connectivity index (χ4n) is 2.73. The fourth-order valence-corrected chi connectivity index (χ4v) is 9.02. The minimum absolute atomic E-state index is 0.513. The van der Waals surface area contributed by atoms with Gasteiger partial charge in [-0.15, -0.1) is 0 Å². The summed E-state index contributed by atoms with van der Waals surface area (Å²) < 4.78 is 5.81. The Hall–Kier alpha value is -0.537. The van der Waals surface area contributed by atoms with E-state index in [0.29, 0.717) is 5.92 Å². The van der Waals surface area contributed by atoms with Crippen LogP contribution in [0.2, 0.25) is 21.0 Å². The van der Waals surface area contributed by atoms with Crippen LogP contribution in [0.1, 0.15) is 33.3 Å². The van der Waals surface area contributed by atoms with Crippen molar-refractivity contribution in [3.05, 3.63) is 48.0 Å². The molecule has 1 rings (SSSR count). The van der Waals surface area contributed by atoms with Crippen LogP contribution < -0.4 is 0 Å². The molecule has 0 aliphatic rings. The predicted octanol–water partition coefficient (Wildman–Crippen LogP) is 5.90. The number of hydrogen-bond acceptors (Lipinski definition) is 1. The van der Waals surface area contributed by atoms with E-state index in [1.807, 2.05) is 6.07 Å². The van der Waals surface area contributed by atoms with Crippen molar-refractivity contribution in [3.63, 3.8) is 0 Å². The van der Waals surface area contributed by atoms with Gasteiger partial charge in [0.15, 0.2) is 0 Å². The molecule has 0 saturated carbocycles. The Balaban J connectivity index is 2.29. The summed E-state index contributed by atoms with van der Waals surface area (Å²) in [4.78, 5) is 0. The molecule has 0 fully saturated rings. The summed E-state index contributed by atoms with van der Waals surface area (Å²) >= 11 is -1.52. The van der Waals surface area contributed by atoms with Gasteiger partial charge in [-0.05, 0) is 0 Å². The first-order valence-corrected chi connectivity index (χ1v) is 14.4. The minimum atomic E-state index is -1.52. The molecule has 1 aromatic carbocycles. The third-order valence-electron chi connectivity index (χ3n) is 4.76. The van der Waals surface area contributed by atoms with Gasteiger partial charge in [0.25, 0.3) is 0 Å². The van der Waals surface area contributed by atoms with Crippen LogP contribution in [0.4, 0.5) is 0 Å². The molecular formula is C19H32GeO. The van der Waals surface area contributed by atoms with E-state index in [0.717, 1.165) is 13.2 Å². The first-order valence-electron chi connectivity index (χ1n) is 8.44. The zero-order valence-corrected chi connectivity index (χ0v) is 16.4. The van der Waals surface area contributed by atoms with Crippen LogP contribution in [-0.2, 0) is 11.3 Å². The van der Waals surface area contributed by atoms with Gasteiger partial charge in [0, 0.05) is 0 Å². The van der Waals surface area contributed by atoms with Crippen molar-refractivity contribution >= 4 is 13.3 Å². The van der Waals surface area contributed by atoms with Gasteiger partial charge in [-0.2, -0.15) is 0 Å². The number of allylic oxidation sites excluding steroid dienone is 1. The van der Waals surface area contributed by atoms with E-state index in [4.69, 9.17) is 4.74 Å². The molecule has 0 saturated heterocycles. The molecule has 0 aliphatic carbocycles. The van der Waals surface area contributed by atoms with E-state index >= 15 is 0 Å². The van der Waals surface area contributed by atoms with Gasteiger partial charge in [-0.25, -0.2) is 0 Å². The van der Waals surface area contributed by atoms with Crippen molar-refractivity contribution in [1.29, 1.82) is 0 Å². The quantitative estimate of drug-likeness (QED) is 0.377. The third kappa shape index (κ3) is 6.84. The Morgan fingerprint density at radius 3 is 2.24 bits per heavy atom. The zero-order valence-electron chi connectivity index (χ0n) is 14.3. The van der Waals surface area contributed by atoms with E-state index in [9.17, 15) is 0 Å². The average molecular weight is 349 g/mol. The maximum atomic E-state index is 5.81. The summed E-state index contributed by atoms with van der Waals surface area (Å²) in [6.07, 6.45) is 4.82. The molecule has 0 bridgehead atoms. The molecule has 2 heteroatoms. The normalized spacial score (nSPS) is 13.7. The molecule has 1 atom stereocenters. The van der Waals surface area contributed by atoms with Crippen LogP contribution in [-0.4, -0.2) is 19.9 Å². The number of rotatable bonds is 10. The summed E-state index contributed by atoms with van der Waals surface area (Å²) in [5, 5.41) is 5.75. The van der Waals surface area contributed by atoms with Crippen molar-refractivity contribution in [3.8, 4) is 0 Å². The van der Waals surface area contributed by atoms with E-state index in [1.165, 1.54) is 26.6 Å². The summed E-state index contributed by atoms with van der Waals surface area (Å²) in [6, 6.07) is 10.4. The number of hydrogen-bond donors (Lipinski definition) is 0. The second-order valence-corrected chi connectivity index (χ2v) is 17.8. The second kappa shape index (κ2) is 10.2. The molecule has 1 nitrogen and oxygen atoms in total. The van der Waals surface area contributed by atoms with E-state index in [2.05, 4.69) is 64.1 Å². The van der Waals surface area contributed by atoms with Crippen molar-refractivity contribution in [2.75, 3.05) is 6.61 Å². The van der Waals surface area contributed by atoms with Crippen LogP contribution in [0, 0.1) is 5.92 Å². The first-order chi connectivity index (χ1) is 10.2. The van der Waals surface area contributed by atoms with Gasteiger partial charge >= 0.3 is 134 Å². The summed E-state index contributed by atoms with van der Waals surface area (Å²) in [5.41, 5.74) is 1.26. The molecule has 118 valence electrons. The first kappa shape index (κ1) is 18.5. The van der Waals surface area contributed by atoms with Crippen LogP contribution >= 0.6 is 0 Å². The Bertz CT molecular complexity index is 387. The van der Waals surface area contributed by atoms with Crippen LogP contribution in [0.25, 0.3) is 0 Å². The van der Waals surface area contributed by atoms with Crippen molar-refractivity contribution in [2.45, 2.75) is 55.3 Å². The van der Waals surface area contributed by atoms with Gasteiger partial charge in [0.05, 0.1) is 0 Å². The molecule has 0 amide bonds. The fraction of sp³-hybridized carbons (Fsp3) is 0.579. The van der Waals surface area contributed by atoms with Crippen molar-refractivity contribution in [2.24, 2.45) is 5.92 Å². The summed E-state index contributed by atoms with van der Waals surface area (Å²) in [7, 11) is 0. The predicted molar refractivity (Wildman–Crippen MR) is 96.4 cm³/mol. The Labute approximate surface area is 134 Å². The van der Waals surface area contributed by atoms with Gasteiger partial charge in [0.1, 0.15) is 0 Å². The van der Waals surface area contributed by atoms with Gasteiger partial charge < -0.3 is 0 Å². The monoisotopic (exact) mass is 350 g/mol. The standard InChI is InChI=1S/C19H32GeO/c1-5-20(6-2,7-3)15-11-12-18(4)16-21-17-19-13-9-8-10-14-19/h8-14,18H,5-7,15-17H2,1-4H3/b12-11+. The third-order valence-corrected chi connectivity index (χ3v) is 16.5. The summed E-state index contributed by atoms with van der Waals surface area (Å²) in [6.45, 7) is 11.0. The Morgan fingerprint density at radius 2 is 1.67 bits per heavy atom. The van der Waals surface area contributed by atoms with Crippen LogP contribution in [0.3, 0.4) is 0 Å². The van der Waals surface area contributed by atoms with Crippen LogP contribution in [0.15, 0.2) is 42.5 Å².